The number of rotatable bonds is 4. The van der Waals surface area contributed by atoms with Crippen molar-refractivity contribution in [3.05, 3.63) is 64.5 Å². The number of hydrogen-bond acceptors (Lipinski definition) is 4. The molecule has 2 heterocycles. The zero-order valence-electron chi connectivity index (χ0n) is 17.1. The van der Waals surface area contributed by atoms with E-state index in [0.717, 1.165) is 28.6 Å². The SMILES string of the molecule is CC(C)c1ccc(NC(=O)N2CCC(c3nc(-c4ccc(Br)cc4)no3)CC2)cc1. The van der Waals surface area contributed by atoms with Crippen molar-refractivity contribution in [1.82, 2.24) is 15.0 Å². The zero-order chi connectivity index (χ0) is 21.1. The zero-order valence-corrected chi connectivity index (χ0v) is 18.7. The molecule has 0 bridgehead atoms. The van der Waals surface area contributed by atoms with Crippen LogP contribution in [0.5, 0.6) is 0 Å². The van der Waals surface area contributed by atoms with E-state index in [1.807, 2.05) is 41.3 Å². The monoisotopic (exact) mass is 468 g/mol. The molecule has 0 atom stereocenters. The third-order valence-electron chi connectivity index (χ3n) is 5.50. The number of carbonyl (C=O) groups is 1. The number of halogens is 1. The van der Waals surface area contributed by atoms with Crippen molar-refractivity contribution in [2.75, 3.05) is 18.4 Å². The molecule has 2 aromatic carbocycles. The van der Waals surface area contributed by atoms with Crippen molar-refractivity contribution >= 4 is 27.6 Å². The normalized spacial score (nSPS) is 14.9. The average Bonchev–Trinajstić information content (AvgIpc) is 3.25. The molecule has 30 heavy (non-hydrogen) atoms. The maximum atomic E-state index is 12.6. The number of piperidine rings is 1. The lowest BCUT2D eigenvalue weighted by atomic mass is 9.97. The van der Waals surface area contributed by atoms with Crippen LogP contribution in [0, 0.1) is 0 Å². The van der Waals surface area contributed by atoms with E-state index in [0.29, 0.717) is 30.7 Å². The van der Waals surface area contributed by atoms with Crippen molar-refractivity contribution in [3.8, 4) is 11.4 Å². The van der Waals surface area contributed by atoms with Gasteiger partial charge in [0.1, 0.15) is 0 Å². The molecule has 0 radical (unpaired) electrons. The van der Waals surface area contributed by atoms with Crippen LogP contribution in [-0.2, 0) is 0 Å². The lowest BCUT2D eigenvalue weighted by Gasteiger charge is -2.30. The van der Waals surface area contributed by atoms with E-state index in [9.17, 15) is 4.79 Å². The largest absolute Gasteiger partial charge is 0.339 e. The fourth-order valence-corrected chi connectivity index (χ4v) is 3.86. The van der Waals surface area contributed by atoms with E-state index in [4.69, 9.17) is 4.52 Å². The number of carbonyl (C=O) groups excluding carboxylic acids is 1. The lowest BCUT2D eigenvalue weighted by molar-refractivity contribution is 0.187. The molecule has 6 nitrogen and oxygen atoms in total. The predicted molar refractivity (Wildman–Crippen MR) is 121 cm³/mol. The van der Waals surface area contributed by atoms with Gasteiger partial charge in [-0.2, -0.15) is 4.98 Å². The second-order valence-corrected chi connectivity index (χ2v) is 8.85. The van der Waals surface area contributed by atoms with Crippen LogP contribution in [0.25, 0.3) is 11.4 Å². The maximum absolute atomic E-state index is 12.6. The number of nitrogens with one attached hydrogen (secondary N) is 1. The van der Waals surface area contributed by atoms with Crippen LogP contribution in [0.4, 0.5) is 10.5 Å². The summed E-state index contributed by atoms with van der Waals surface area (Å²) in [5, 5.41) is 7.12. The number of nitrogens with zero attached hydrogens (tertiary/aromatic N) is 3. The number of urea groups is 1. The van der Waals surface area contributed by atoms with E-state index >= 15 is 0 Å². The van der Waals surface area contributed by atoms with Gasteiger partial charge in [-0.3, -0.25) is 0 Å². The molecule has 4 rings (SSSR count). The molecule has 0 spiro atoms. The standard InChI is InChI=1S/C23H25BrN4O2/c1-15(2)16-5-9-20(10-6-16)25-23(29)28-13-11-18(12-14-28)22-26-21(27-30-22)17-3-7-19(24)8-4-17/h3-10,15,18H,11-14H2,1-2H3,(H,25,29). The van der Waals surface area contributed by atoms with Gasteiger partial charge in [0.05, 0.1) is 0 Å². The van der Waals surface area contributed by atoms with Gasteiger partial charge in [-0.1, -0.05) is 47.1 Å². The van der Waals surface area contributed by atoms with Crippen LogP contribution in [0.1, 0.15) is 50.0 Å². The molecule has 1 N–H and O–H groups in total. The molecule has 1 saturated heterocycles. The first-order valence-electron chi connectivity index (χ1n) is 10.2. The third-order valence-corrected chi connectivity index (χ3v) is 6.03. The number of aromatic nitrogens is 2. The van der Waals surface area contributed by atoms with E-state index < -0.39 is 0 Å². The Morgan fingerprint density at radius 3 is 2.40 bits per heavy atom. The molecule has 0 saturated carbocycles. The second-order valence-electron chi connectivity index (χ2n) is 7.93. The van der Waals surface area contributed by atoms with Gasteiger partial charge < -0.3 is 14.7 Å². The summed E-state index contributed by atoms with van der Waals surface area (Å²) in [4.78, 5) is 19.0. The van der Waals surface area contributed by atoms with E-state index in [1.165, 1.54) is 5.56 Å². The highest BCUT2D eigenvalue weighted by Crippen LogP contribution is 2.29. The highest BCUT2D eigenvalue weighted by Gasteiger charge is 2.27. The smallest absolute Gasteiger partial charge is 0.321 e. The van der Waals surface area contributed by atoms with Crippen molar-refractivity contribution in [2.24, 2.45) is 0 Å². The molecule has 1 aromatic heterocycles. The van der Waals surface area contributed by atoms with Crippen molar-refractivity contribution < 1.29 is 9.32 Å². The fraction of sp³-hybridized carbons (Fsp3) is 0.348. The van der Waals surface area contributed by atoms with Crippen molar-refractivity contribution in [2.45, 2.75) is 38.5 Å². The first kappa shape index (κ1) is 20.6. The summed E-state index contributed by atoms with van der Waals surface area (Å²) in [6, 6.07) is 15.8. The number of amides is 2. The second kappa shape index (κ2) is 9.00. The Morgan fingerprint density at radius 1 is 1.10 bits per heavy atom. The van der Waals surface area contributed by atoms with Gasteiger partial charge >= 0.3 is 6.03 Å². The van der Waals surface area contributed by atoms with Crippen LogP contribution in [-0.4, -0.2) is 34.2 Å². The molecule has 0 aliphatic carbocycles. The molecule has 0 unspecified atom stereocenters. The minimum atomic E-state index is -0.0631. The fourth-order valence-electron chi connectivity index (χ4n) is 3.60. The summed E-state index contributed by atoms with van der Waals surface area (Å²) in [7, 11) is 0. The van der Waals surface area contributed by atoms with Crippen molar-refractivity contribution in [1.29, 1.82) is 0 Å². The predicted octanol–water partition coefficient (Wildman–Crippen LogP) is 6.03. The minimum absolute atomic E-state index is 0.0631. The molecular weight excluding hydrogens is 444 g/mol. The first-order valence-corrected chi connectivity index (χ1v) is 11.0. The number of benzene rings is 2. The Morgan fingerprint density at radius 2 is 1.77 bits per heavy atom. The average molecular weight is 469 g/mol. The quantitative estimate of drug-likeness (QED) is 0.506. The maximum Gasteiger partial charge on any atom is 0.321 e. The van der Waals surface area contributed by atoms with Crippen LogP contribution in [0.15, 0.2) is 57.5 Å². The van der Waals surface area contributed by atoms with Crippen LogP contribution >= 0.6 is 15.9 Å². The van der Waals surface area contributed by atoms with E-state index in [-0.39, 0.29) is 11.9 Å². The summed E-state index contributed by atoms with van der Waals surface area (Å²) >= 11 is 3.43. The lowest BCUT2D eigenvalue weighted by Crippen LogP contribution is -2.40. The Labute approximate surface area is 184 Å². The Hall–Kier alpha value is -2.67. The number of hydrogen-bond donors (Lipinski definition) is 1. The third kappa shape index (κ3) is 4.73. The molecule has 1 aliphatic rings. The highest BCUT2D eigenvalue weighted by molar-refractivity contribution is 9.10. The van der Waals surface area contributed by atoms with Gasteiger partial charge in [-0.15, -0.1) is 0 Å². The van der Waals surface area contributed by atoms with E-state index in [1.54, 1.807) is 0 Å². The first-order chi connectivity index (χ1) is 14.5. The molecule has 1 fully saturated rings. The van der Waals surface area contributed by atoms with Crippen LogP contribution in [0.3, 0.4) is 0 Å². The van der Waals surface area contributed by atoms with Crippen LogP contribution in [0.2, 0.25) is 0 Å². The van der Waals surface area contributed by atoms with Gasteiger partial charge in [-0.05, 0) is 60.7 Å². The molecule has 3 aromatic rings. The Balaban J connectivity index is 1.32. The molecule has 1 aliphatic heterocycles. The highest BCUT2D eigenvalue weighted by atomic mass is 79.9. The molecule has 156 valence electrons. The number of likely N-dealkylation sites (tertiary alicyclic amines) is 1. The van der Waals surface area contributed by atoms with Crippen molar-refractivity contribution in [3.63, 3.8) is 0 Å². The topological polar surface area (TPSA) is 71.3 Å². The molecule has 7 heteroatoms. The van der Waals surface area contributed by atoms with Gasteiger partial charge in [-0.25, -0.2) is 4.79 Å². The van der Waals surface area contributed by atoms with Gasteiger partial charge in [0.15, 0.2) is 0 Å². The molecular formula is C23H25BrN4O2. The summed E-state index contributed by atoms with van der Waals surface area (Å²) in [6.07, 6.45) is 1.61. The Bertz CT molecular complexity index is 991. The van der Waals surface area contributed by atoms with E-state index in [2.05, 4.69) is 57.4 Å². The van der Waals surface area contributed by atoms with Crippen LogP contribution < -0.4 is 5.32 Å². The molecule has 2 amide bonds. The minimum Gasteiger partial charge on any atom is -0.339 e. The van der Waals surface area contributed by atoms with Gasteiger partial charge in [0.25, 0.3) is 0 Å². The summed E-state index contributed by atoms with van der Waals surface area (Å²) in [5.74, 6) is 1.90. The van der Waals surface area contributed by atoms with Gasteiger partial charge in [0.2, 0.25) is 11.7 Å². The Kier molecular flexibility index (Phi) is 6.18. The summed E-state index contributed by atoms with van der Waals surface area (Å²) in [6.45, 7) is 5.64. The number of anilines is 1. The summed E-state index contributed by atoms with van der Waals surface area (Å²) < 4.78 is 6.53. The van der Waals surface area contributed by atoms with Gasteiger partial charge in [0, 0.05) is 34.7 Å². The summed E-state index contributed by atoms with van der Waals surface area (Å²) in [5.41, 5.74) is 3.01.